The number of ether oxygens (including phenoxy) is 1. The van der Waals surface area contributed by atoms with Crippen molar-refractivity contribution in [2.45, 2.75) is 9.79 Å². The number of nitrogens with zero attached hydrogens (tertiary/aromatic N) is 1. The highest BCUT2D eigenvalue weighted by Gasteiger charge is 2.09. The van der Waals surface area contributed by atoms with Gasteiger partial charge in [0.15, 0.2) is 0 Å². The molecule has 0 unspecified atom stereocenters. The summed E-state index contributed by atoms with van der Waals surface area (Å²) in [5, 5.41) is 9.71. The number of anilines is 1. The maximum absolute atomic E-state index is 12.0. The Labute approximate surface area is 148 Å². The fourth-order valence-corrected chi connectivity index (χ4v) is 3.13. The summed E-state index contributed by atoms with van der Waals surface area (Å²) in [5.41, 5.74) is 1.02. The van der Waals surface area contributed by atoms with Gasteiger partial charge in [0.25, 0.3) is 5.91 Å². The predicted octanol–water partition coefficient (Wildman–Crippen LogP) is 4.48. The lowest BCUT2D eigenvalue weighted by Gasteiger charge is -2.08. The monoisotopic (exact) mass is 359 g/mol. The number of carbonyl (C=O) groups is 1. The van der Waals surface area contributed by atoms with Crippen molar-refractivity contribution < 1.29 is 9.53 Å². The van der Waals surface area contributed by atoms with E-state index in [-0.39, 0.29) is 5.91 Å². The van der Waals surface area contributed by atoms with E-state index >= 15 is 0 Å². The van der Waals surface area contributed by atoms with Crippen LogP contribution in [0, 0.1) is 0 Å². The summed E-state index contributed by atoms with van der Waals surface area (Å²) in [4.78, 5) is 13.9. The number of aromatic nitrogens is 2. The fourth-order valence-electron chi connectivity index (χ4n) is 2.01. The standard InChI is InChI=1S/C17H14ClN3O2S/c1-23-12-3-5-13(6-4-12)24-16-7-2-11(10-14(16)18)20-17(22)15-8-9-19-21-15/h2-10H,1H3,(H,19,21)(H,20,22). The van der Waals surface area contributed by atoms with Crippen LogP contribution in [0.2, 0.25) is 5.02 Å². The van der Waals surface area contributed by atoms with Gasteiger partial charge in [-0.05, 0) is 48.5 Å². The number of carbonyl (C=O) groups excluding carboxylic acids is 1. The lowest BCUT2D eigenvalue weighted by Crippen LogP contribution is -2.12. The molecule has 0 fully saturated rings. The number of nitrogens with one attached hydrogen (secondary N) is 2. The molecule has 122 valence electrons. The van der Waals surface area contributed by atoms with Gasteiger partial charge >= 0.3 is 0 Å². The van der Waals surface area contributed by atoms with Crippen LogP contribution in [0.3, 0.4) is 0 Å². The van der Waals surface area contributed by atoms with Crippen LogP contribution in [0.1, 0.15) is 10.5 Å². The number of methoxy groups -OCH3 is 1. The van der Waals surface area contributed by atoms with Gasteiger partial charge in [-0.3, -0.25) is 9.89 Å². The number of hydrogen-bond acceptors (Lipinski definition) is 4. The zero-order valence-corrected chi connectivity index (χ0v) is 14.3. The molecule has 2 N–H and O–H groups in total. The number of hydrogen-bond donors (Lipinski definition) is 2. The van der Waals surface area contributed by atoms with Gasteiger partial charge in [-0.2, -0.15) is 5.10 Å². The van der Waals surface area contributed by atoms with Gasteiger partial charge in [-0.1, -0.05) is 23.4 Å². The van der Waals surface area contributed by atoms with Crippen molar-refractivity contribution in [1.29, 1.82) is 0 Å². The summed E-state index contributed by atoms with van der Waals surface area (Å²) in [6.45, 7) is 0. The van der Waals surface area contributed by atoms with Crippen LogP contribution < -0.4 is 10.1 Å². The first-order valence-electron chi connectivity index (χ1n) is 7.08. The largest absolute Gasteiger partial charge is 0.497 e. The zero-order chi connectivity index (χ0) is 16.9. The molecule has 0 atom stereocenters. The molecule has 0 aliphatic heterocycles. The molecule has 0 saturated carbocycles. The smallest absolute Gasteiger partial charge is 0.273 e. The van der Waals surface area contributed by atoms with Gasteiger partial charge in [-0.15, -0.1) is 0 Å². The van der Waals surface area contributed by atoms with Crippen molar-refractivity contribution in [3.05, 3.63) is 65.4 Å². The van der Waals surface area contributed by atoms with Crippen LogP contribution in [0.25, 0.3) is 0 Å². The molecule has 1 aromatic heterocycles. The second-order valence-electron chi connectivity index (χ2n) is 4.85. The number of rotatable bonds is 5. The third kappa shape index (κ3) is 3.90. The van der Waals surface area contributed by atoms with E-state index in [0.29, 0.717) is 16.4 Å². The quantitative estimate of drug-likeness (QED) is 0.705. The third-order valence-corrected chi connectivity index (χ3v) is 4.73. The van der Waals surface area contributed by atoms with E-state index in [9.17, 15) is 4.79 Å². The minimum absolute atomic E-state index is 0.265. The minimum Gasteiger partial charge on any atom is -0.497 e. The highest BCUT2D eigenvalue weighted by molar-refractivity contribution is 7.99. The van der Waals surface area contributed by atoms with Crippen LogP contribution in [-0.2, 0) is 0 Å². The Morgan fingerprint density at radius 3 is 2.62 bits per heavy atom. The Morgan fingerprint density at radius 2 is 2.00 bits per heavy atom. The van der Waals surface area contributed by atoms with Crippen LogP contribution in [0.5, 0.6) is 5.75 Å². The number of amides is 1. The number of benzene rings is 2. The first-order chi connectivity index (χ1) is 11.7. The molecule has 0 bridgehead atoms. The van der Waals surface area contributed by atoms with E-state index in [4.69, 9.17) is 16.3 Å². The van der Waals surface area contributed by atoms with Gasteiger partial charge in [0.1, 0.15) is 11.4 Å². The van der Waals surface area contributed by atoms with Crippen LogP contribution in [0.15, 0.2) is 64.5 Å². The topological polar surface area (TPSA) is 67.0 Å². The van der Waals surface area contributed by atoms with Crippen LogP contribution in [-0.4, -0.2) is 23.2 Å². The zero-order valence-electron chi connectivity index (χ0n) is 12.7. The van der Waals surface area contributed by atoms with E-state index in [1.54, 1.807) is 31.0 Å². The van der Waals surface area contributed by atoms with Crippen LogP contribution in [0.4, 0.5) is 5.69 Å². The lowest BCUT2D eigenvalue weighted by molar-refractivity contribution is 0.102. The molecule has 1 amide bonds. The van der Waals surface area contributed by atoms with Gasteiger partial charge < -0.3 is 10.1 Å². The number of aromatic amines is 1. The first kappa shape index (κ1) is 16.4. The van der Waals surface area contributed by atoms with Gasteiger partial charge in [0.2, 0.25) is 0 Å². The molecule has 0 saturated heterocycles. The summed E-state index contributed by atoms with van der Waals surface area (Å²) in [6.07, 6.45) is 1.52. The Hall–Kier alpha value is -2.44. The molecule has 1 heterocycles. The average Bonchev–Trinajstić information content (AvgIpc) is 3.13. The third-order valence-electron chi connectivity index (χ3n) is 3.22. The number of halogens is 1. The van der Waals surface area contributed by atoms with Crippen LogP contribution >= 0.6 is 23.4 Å². The minimum atomic E-state index is -0.265. The average molecular weight is 360 g/mol. The van der Waals surface area contributed by atoms with Crippen molar-refractivity contribution in [2.75, 3.05) is 12.4 Å². The van der Waals surface area contributed by atoms with E-state index in [1.165, 1.54) is 6.20 Å². The van der Waals surface area contributed by atoms with Crippen molar-refractivity contribution in [1.82, 2.24) is 10.2 Å². The summed E-state index contributed by atoms with van der Waals surface area (Å²) < 4.78 is 5.14. The molecule has 3 rings (SSSR count). The van der Waals surface area contributed by atoms with E-state index in [1.807, 2.05) is 36.4 Å². The molecule has 0 spiro atoms. The van der Waals surface area contributed by atoms with Crippen molar-refractivity contribution in [3.8, 4) is 5.75 Å². The summed E-state index contributed by atoms with van der Waals surface area (Å²) in [5.74, 6) is 0.543. The highest BCUT2D eigenvalue weighted by atomic mass is 35.5. The van der Waals surface area contributed by atoms with Crippen molar-refractivity contribution in [3.63, 3.8) is 0 Å². The second kappa shape index (κ2) is 7.42. The molecular weight excluding hydrogens is 346 g/mol. The van der Waals surface area contributed by atoms with Crippen molar-refractivity contribution >= 4 is 35.0 Å². The molecular formula is C17H14ClN3O2S. The van der Waals surface area contributed by atoms with E-state index < -0.39 is 0 Å². The highest BCUT2D eigenvalue weighted by Crippen LogP contribution is 2.35. The normalized spacial score (nSPS) is 10.4. The molecule has 0 radical (unpaired) electrons. The number of H-pyrrole nitrogens is 1. The van der Waals surface area contributed by atoms with Crippen molar-refractivity contribution in [2.24, 2.45) is 0 Å². The second-order valence-corrected chi connectivity index (χ2v) is 6.37. The molecule has 2 aromatic carbocycles. The molecule has 0 aliphatic carbocycles. The Balaban J connectivity index is 1.71. The summed E-state index contributed by atoms with van der Waals surface area (Å²) in [6, 6.07) is 14.7. The van der Waals surface area contributed by atoms with Gasteiger partial charge in [0.05, 0.1) is 12.1 Å². The Morgan fingerprint density at radius 1 is 1.21 bits per heavy atom. The predicted molar refractivity (Wildman–Crippen MR) is 95.1 cm³/mol. The maximum atomic E-state index is 12.0. The Bertz CT molecular complexity index is 836. The molecule has 0 aliphatic rings. The molecule has 24 heavy (non-hydrogen) atoms. The Kier molecular flexibility index (Phi) is 5.08. The fraction of sp³-hybridized carbons (Fsp3) is 0.0588. The van der Waals surface area contributed by atoms with Gasteiger partial charge in [0, 0.05) is 21.7 Å². The van der Waals surface area contributed by atoms with E-state index in [0.717, 1.165) is 15.5 Å². The van der Waals surface area contributed by atoms with E-state index in [2.05, 4.69) is 15.5 Å². The molecule has 5 nitrogen and oxygen atoms in total. The lowest BCUT2D eigenvalue weighted by atomic mass is 10.3. The first-order valence-corrected chi connectivity index (χ1v) is 8.27. The summed E-state index contributed by atoms with van der Waals surface area (Å²) in [7, 11) is 1.63. The maximum Gasteiger partial charge on any atom is 0.273 e. The molecule has 7 heteroatoms. The van der Waals surface area contributed by atoms with Gasteiger partial charge in [-0.25, -0.2) is 0 Å². The molecule has 3 aromatic rings. The summed E-state index contributed by atoms with van der Waals surface area (Å²) >= 11 is 7.87. The SMILES string of the molecule is COc1ccc(Sc2ccc(NC(=O)c3ccn[nH]3)cc2Cl)cc1.